The molecule has 4 rings (SSSR count). The van der Waals surface area contributed by atoms with Crippen LogP contribution in [0.4, 0.5) is 5.82 Å². The molecule has 2 N–H and O–H groups in total. The van der Waals surface area contributed by atoms with Gasteiger partial charge in [0.15, 0.2) is 5.82 Å². The molecule has 0 aromatic carbocycles. The van der Waals surface area contributed by atoms with Crippen LogP contribution in [0.15, 0.2) is 18.3 Å². The summed E-state index contributed by atoms with van der Waals surface area (Å²) in [5.74, 6) is 1.41. The lowest BCUT2D eigenvalue weighted by molar-refractivity contribution is 0.101. The molecule has 0 aliphatic heterocycles. The van der Waals surface area contributed by atoms with Crippen molar-refractivity contribution in [3.05, 3.63) is 45.3 Å². The summed E-state index contributed by atoms with van der Waals surface area (Å²) < 4.78 is 6.63. The van der Waals surface area contributed by atoms with Gasteiger partial charge in [-0.25, -0.2) is 4.98 Å². The fourth-order valence-corrected chi connectivity index (χ4v) is 4.93. The predicted molar refractivity (Wildman–Crippen MR) is 111 cm³/mol. The Balaban J connectivity index is 1.35. The van der Waals surface area contributed by atoms with Gasteiger partial charge < -0.3 is 10.1 Å². The van der Waals surface area contributed by atoms with E-state index in [0.717, 1.165) is 30.7 Å². The molecule has 1 aliphatic carbocycles. The lowest BCUT2D eigenvalue weighted by Gasteiger charge is -2.08. The Morgan fingerprint density at radius 3 is 3.03 bits per heavy atom. The van der Waals surface area contributed by atoms with Gasteiger partial charge in [0.1, 0.15) is 5.69 Å². The van der Waals surface area contributed by atoms with Crippen molar-refractivity contribution in [1.82, 2.24) is 25.0 Å². The van der Waals surface area contributed by atoms with E-state index >= 15 is 0 Å². The van der Waals surface area contributed by atoms with Gasteiger partial charge in [0, 0.05) is 49.3 Å². The molecule has 29 heavy (non-hydrogen) atoms. The molecule has 1 fully saturated rings. The molecule has 3 aromatic rings. The van der Waals surface area contributed by atoms with Crippen LogP contribution in [0, 0.1) is 12.8 Å². The summed E-state index contributed by atoms with van der Waals surface area (Å²) in [5.41, 5.74) is 2.28. The molecule has 0 bridgehead atoms. The van der Waals surface area contributed by atoms with Gasteiger partial charge in [-0.15, -0.1) is 11.3 Å². The summed E-state index contributed by atoms with van der Waals surface area (Å²) in [7, 11) is 3.35. The number of ether oxygens (including phenoxy) is 1. The summed E-state index contributed by atoms with van der Waals surface area (Å²) in [6, 6.07) is 3.68. The van der Waals surface area contributed by atoms with Crippen LogP contribution in [0.1, 0.15) is 56.9 Å². The van der Waals surface area contributed by atoms with Gasteiger partial charge in [0.05, 0.1) is 17.3 Å². The summed E-state index contributed by atoms with van der Waals surface area (Å²) in [6.45, 7) is 2.47. The van der Waals surface area contributed by atoms with Gasteiger partial charge in [-0.05, 0) is 38.2 Å². The van der Waals surface area contributed by atoms with Crippen molar-refractivity contribution in [2.24, 2.45) is 13.0 Å². The molecule has 9 heteroatoms. The molecule has 0 unspecified atom stereocenters. The number of carbonyl (C=O) groups excluding carboxylic acids is 1. The van der Waals surface area contributed by atoms with Crippen molar-refractivity contribution < 1.29 is 9.53 Å². The van der Waals surface area contributed by atoms with E-state index < -0.39 is 0 Å². The lowest BCUT2D eigenvalue weighted by Crippen LogP contribution is -2.16. The van der Waals surface area contributed by atoms with E-state index in [1.807, 2.05) is 12.3 Å². The number of rotatable bonds is 7. The van der Waals surface area contributed by atoms with E-state index in [-0.39, 0.29) is 5.91 Å². The molecule has 3 heterocycles. The summed E-state index contributed by atoms with van der Waals surface area (Å²) >= 11 is 1.79. The Morgan fingerprint density at radius 2 is 2.28 bits per heavy atom. The van der Waals surface area contributed by atoms with E-state index in [4.69, 9.17) is 4.74 Å². The van der Waals surface area contributed by atoms with Gasteiger partial charge in [0.25, 0.3) is 5.91 Å². The molecule has 2 atom stereocenters. The van der Waals surface area contributed by atoms with Gasteiger partial charge in [0.2, 0.25) is 0 Å². The predicted octanol–water partition coefficient (Wildman–Crippen LogP) is 3.43. The van der Waals surface area contributed by atoms with Crippen LogP contribution in [0.3, 0.4) is 0 Å². The summed E-state index contributed by atoms with van der Waals surface area (Å²) in [6.07, 6.45) is 6.46. The number of amides is 1. The molecule has 0 radical (unpaired) electrons. The molecule has 8 nitrogen and oxygen atoms in total. The average molecular weight is 415 g/mol. The molecule has 1 aliphatic rings. The number of aryl methyl sites for hydroxylation is 2. The van der Waals surface area contributed by atoms with Crippen molar-refractivity contribution >= 4 is 23.1 Å². The first kappa shape index (κ1) is 19.8. The molecule has 3 aromatic heterocycles. The third-order valence-electron chi connectivity index (χ3n) is 5.41. The zero-order valence-electron chi connectivity index (χ0n) is 16.9. The lowest BCUT2D eigenvalue weighted by atomic mass is 10.00. The number of carbonyl (C=O) groups is 1. The van der Waals surface area contributed by atoms with E-state index in [2.05, 4.69) is 32.5 Å². The normalized spacial score (nSPS) is 19.0. The summed E-state index contributed by atoms with van der Waals surface area (Å²) in [4.78, 5) is 18.3. The first-order valence-corrected chi connectivity index (χ1v) is 10.6. The number of thiazole rings is 1. The maximum Gasteiger partial charge on any atom is 0.275 e. The Morgan fingerprint density at radius 1 is 1.41 bits per heavy atom. The van der Waals surface area contributed by atoms with Gasteiger partial charge in [-0.3, -0.25) is 14.6 Å². The first-order valence-electron chi connectivity index (χ1n) is 9.81. The standard InChI is InChI=1S/C20H26N6O2S/c1-12-10-21-19(29-12)7-13-4-5-14(6-13)16-9-18(24-23-16)22-20(27)17-8-15(11-28-3)25-26(17)2/h8-10,13-14H,4-7,11H2,1-3H3,(H2,22,23,24,27)/t13-,14+/m0/s1. The minimum absolute atomic E-state index is 0.233. The second-order valence-corrected chi connectivity index (χ2v) is 9.00. The Kier molecular flexibility index (Phi) is 5.77. The SMILES string of the molecule is COCc1cc(C(=O)Nc2cc([C@@H]3CC[C@H](Cc4ncc(C)s4)C3)[nH]n2)n(C)n1. The minimum Gasteiger partial charge on any atom is -0.378 e. The third kappa shape index (κ3) is 4.56. The Bertz CT molecular complexity index is 991. The number of anilines is 1. The highest BCUT2D eigenvalue weighted by Crippen LogP contribution is 2.39. The number of nitrogens with one attached hydrogen (secondary N) is 2. The highest BCUT2D eigenvalue weighted by molar-refractivity contribution is 7.11. The van der Waals surface area contributed by atoms with Crippen molar-refractivity contribution in [2.75, 3.05) is 12.4 Å². The molecule has 0 saturated heterocycles. The van der Waals surface area contributed by atoms with Gasteiger partial charge in [-0.1, -0.05) is 0 Å². The van der Waals surface area contributed by atoms with Crippen molar-refractivity contribution in [3.63, 3.8) is 0 Å². The Labute approximate surface area is 173 Å². The fraction of sp³-hybridized carbons (Fsp3) is 0.500. The van der Waals surface area contributed by atoms with Crippen LogP contribution in [-0.4, -0.2) is 38.0 Å². The van der Waals surface area contributed by atoms with Crippen molar-refractivity contribution in [1.29, 1.82) is 0 Å². The number of H-pyrrole nitrogens is 1. The molecule has 0 spiro atoms. The topological polar surface area (TPSA) is 97.7 Å². The minimum atomic E-state index is -0.233. The van der Waals surface area contributed by atoms with E-state index in [0.29, 0.717) is 30.0 Å². The number of aromatic nitrogens is 5. The van der Waals surface area contributed by atoms with Gasteiger partial charge in [-0.2, -0.15) is 10.2 Å². The number of hydrogen-bond donors (Lipinski definition) is 2. The second kappa shape index (κ2) is 8.46. The van der Waals surface area contributed by atoms with Crippen LogP contribution < -0.4 is 5.32 Å². The van der Waals surface area contributed by atoms with Crippen LogP contribution in [0.5, 0.6) is 0 Å². The monoisotopic (exact) mass is 414 g/mol. The average Bonchev–Trinajstić information content (AvgIpc) is 3.45. The summed E-state index contributed by atoms with van der Waals surface area (Å²) in [5, 5.41) is 15.8. The largest absolute Gasteiger partial charge is 0.378 e. The van der Waals surface area contributed by atoms with Crippen LogP contribution in [0.2, 0.25) is 0 Å². The molecule has 1 amide bonds. The van der Waals surface area contributed by atoms with E-state index in [1.165, 1.54) is 16.3 Å². The van der Waals surface area contributed by atoms with Crippen molar-refractivity contribution in [3.8, 4) is 0 Å². The number of hydrogen-bond acceptors (Lipinski definition) is 6. The maximum atomic E-state index is 12.6. The fourth-order valence-electron chi connectivity index (χ4n) is 4.03. The zero-order chi connectivity index (χ0) is 20.4. The third-order valence-corrected chi connectivity index (χ3v) is 6.34. The Hall–Kier alpha value is -2.52. The first-order chi connectivity index (χ1) is 14.0. The molecular weight excluding hydrogens is 388 g/mol. The molecular formula is C20H26N6O2S. The second-order valence-electron chi connectivity index (χ2n) is 7.68. The number of methoxy groups -OCH3 is 1. The van der Waals surface area contributed by atoms with Crippen LogP contribution in [-0.2, 0) is 24.8 Å². The van der Waals surface area contributed by atoms with Crippen LogP contribution >= 0.6 is 11.3 Å². The number of aromatic amines is 1. The van der Waals surface area contributed by atoms with E-state index in [9.17, 15) is 4.79 Å². The van der Waals surface area contributed by atoms with Gasteiger partial charge >= 0.3 is 0 Å². The zero-order valence-corrected chi connectivity index (χ0v) is 17.8. The smallest absolute Gasteiger partial charge is 0.275 e. The number of nitrogens with zero attached hydrogens (tertiary/aromatic N) is 4. The van der Waals surface area contributed by atoms with Crippen molar-refractivity contribution in [2.45, 2.75) is 45.1 Å². The van der Waals surface area contributed by atoms with Crippen LogP contribution in [0.25, 0.3) is 0 Å². The maximum absolute atomic E-state index is 12.6. The quantitative estimate of drug-likeness (QED) is 0.617. The highest BCUT2D eigenvalue weighted by Gasteiger charge is 2.28. The molecule has 154 valence electrons. The molecule has 1 saturated carbocycles. The highest BCUT2D eigenvalue weighted by atomic mass is 32.1. The van der Waals surface area contributed by atoms with E-state index in [1.54, 1.807) is 36.2 Å².